The van der Waals surface area contributed by atoms with E-state index in [1.54, 1.807) is 6.07 Å². The normalized spacial score (nSPS) is 10.9. The van der Waals surface area contributed by atoms with Crippen LogP contribution in [0.4, 0.5) is 8.78 Å². The Morgan fingerprint density at radius 3 is 2.67 bits per heavy atom. The molecule has 0 nitrogen and oxygen atoms in total. The fraction of sp³-hybridized carbons (Fsp3) is 0.111. The lowest BCUT2D eigenvalue weighted by atomic mass is 10.2. The molecule has 0 spiro atoms. The zero-order valence-electron chi connectivity index (χ0n) is 6.40. The summed E-state index contributed by atoms with van der Waals surface area (Å²) in [6, 6.07) is 4.26. The Morgan fingerprint density at radius 1 is 1.25 bits per heavy atom. The number of aryl methyl sites for hydroxylation is 1. The number of hydrogen-bond donors (Lipinski definition) is 0. The Hall–Kier alpha value is -0.960. The van der Waals surface area contributed by atoms with Gasteiger partial charge in [-0.3, -0.25) is 0 Å². The summed E-state index contributed by atoms with van der Waals surface area (Å²) in [5, 5.41) is 0.0516. The zero-order chi connectivity index (χ0) is 8.72. The molecule has 0 aliphatic heterocycles. The fourth-order valence-electron chi connectivity index (χ4n) is 1.19. The standard InChI is InChI=1S/C9H6F2S/c1-5-2-3-7(10)6-4-8(11)12-9(5)6/h2-4H,1H3. The molecule has 0 atom stereocenters. The molecular weight excluding hydrogens is 178 g/mol. The van der Waals surface area contributed by atoms with E-state index in [1.165, 1.54) is 12.1 Å². The predicted octanol–water partition coefficient (Wildman–Crippen LogP) is 3.49. The van der Waals surface area contributed by atoms with Gasteiger partial charge in [-0.25, -0.2) is 4.39 Å². The molecule has 0 bridgehead atoms. The van der Waals surface area contributed by atoms with Crippen LogP contribution < -0.4 is 0 Å². The average molecular weight is 184 g/mol. The van der Waals surface area contributed by atoms with Gasteiger partial charge in [0, 0.05) is 10.1 Å². The quantitative estimate of drug-likeness (QED) is 0.588. The first-order chi connectivity index (χ1) is 5.68. The monoisotopic (exact) mass is 184 g/mol. The Kier molecular flexibility index (Phi) is 1.61. The van der Waals surface area contributed by atoms with Gasteiger partial charge in [0.2, 0.25) is 0 Å². The Bertz CT molecular complexity index is 392. The molecule has 12 heavy (non-hydrogen) atoms. The van der Waals surface area contributed by atoms with Crippen LogP contribution in [0.5, 0.6) is 0 Å². The summed E-state index contributed by atoms with van der Waals surface area (Å²) in [6.07, 6.45) is 0. The summed E-state index contributed by atoms with van der Waals surface area (Å²) >= 11 is 0.986. The largest absolute Gasteiger partial charge is 0.206 e. The summed E-state index contributed by atoms with van der Waals surface area (Å²) in [5.41, 5.74) is 0.917. The van der Waals surface area contributed by atoms with Crippen molar-refractivity contribution in [3.63, 3.8) is 0 Å². The Labute approximate surface area is 72.4 Å². The van der Waals surface area contributed by atoms with Gasteiger partial charge < -0.3 is 0 Å². The van der Waals surface area contributed by atoms with E-state index in [0.717, 1.165) is 16.9 Å². The molecule has 1 aromatic carbocycles. The third kappa shape index (κ3) is 1.01. The Morgan fingerprint density at radius 2 is 2.00 bits per heavy atom. The summed E-state index contributed by atoms with van der Waals surface area (Å²) in [5.74, 6) is -0.351. The molecule has 0 aliphatic rings. The van der Waals surface area contributed by atoms with E-state index in [-0.39, 0.29) is 10.9 Å². The maximum absolute atomic E-state index is 13.0. The van der Waals surface area contributed by atoms with E-state index in [0.29, 0.717) is 10.1 Å². The minimum absolute atomic E-state index is 0.335. The molecule has 0 saturated heterocycles. The van der Waals surface area contributed by atoms with Crippen LogP contribution in [0.15, 0.2) is 18.2 Å². The van der Waals surface area contributed by atoms with Crippen molar-refractivity contribution in [1.29, 1.82) is 0 Å². The Balaban J connectivity index is 2.93. The van der Waals surface area contributed by atoms with Crippen LogP contribution in [-0.2, 0) is 0 Å². The van der Waals surface area contributed by atoms with Crippen LogP contribution in [0.2, 0.25) is 0 Å². The first-order valence-corrected chi connectivity index (χ1v) is 4.34. The van der Waals surface area contributed by atoms with Gasteiger partial charge >= 0.3 is 0 Å². The first-order valence-electron chi connectivity index (χ1n) is 3.52. The molecule has 1 aromatic heterocycles. The molecule has 62 valence electrons. The minimum atomic E-state index is -0.351. The lowest BCUT2D eigenvalue weighted by Crippen LogP contribution is -1.76. The summed E-state index contributed by atoms with van der Waals surface area (Å²) in [7, 11) is 0. The van der Waals surface area contributed by atoms with Crippen molar-refractivity contribution in [2.45, 2.75) is 6.92 Å². The van der Waals surface area contributed by atoms with Gasteiger partial charge in [0.15, 0.2) is 5.13 Å². The van der Waals surface area contributed by atoms with Gasteiger partial charge in [-0.15, -0.1) is 11.3 Å². The second kappa shape index (κ2) is 2.52. The van der Waals surface area contributed by atoms with Crippen molar-refractivity contribution >= 4 is 21.4 Å². The predicted molar refractivity (Wildman–Crippen MR) is 46.5 cm³/mol. The molecule has 0 unspecified atom stereocenters. The smallest absolute Gasteiger partial charge is 0.177 e. The van der Waals surface area contributed by atoms with Gasteiger partial charge in [-0.2, -0.15) is 4.39 Å². The zero-order valence-corrected chi connectivity index (χ0v) is 7.21. The number of thiophene rings is 1. The van der Waals surface area contributed by atoms with Crippen LogP contribution >= 0.6 is 11.3 Å². The molecule has 0 saturated carbocycles. The molecule has 2 aromatic rings. The molecule has 0 N–H and O–H groups in total. The SMILES string of the molecule is Cc1ccc(F)c2cc(F)sc12. The fourth-order valence-corrected chi connectivity index (χ4v) is 2.06. The minimum Gasteiger partial charge on any atom is -0.206 e. The number of rotatable bonds is 0. The van der Waals surface area contributed by atoms with Gasteiger partial charge in [0.1, 0.15) is 5.82 Å². The van der Waals surface area contributed by atoms with E-state index in [9.17, 15) is 8.78 Å². The molecular formula is C9H6F2S. The van der Waals surface area contributed by atoms with Crippen molar-refractivity contribution in [2.75, 3.05) is 0 Å². The van der Waals surface area contributed by atoms with Crippen molar-refractivity contribution in [1.82, 2.24) is 0 Å². The molecule has 0 amide bonds. The molecule has 0 aliphatic carbocycles. The van der Waals surface area contributed by atoms with E-state index in [2.05, 4.69) is 0 Å². The van der Waals surface area contributed by atoms with E-state index < -0.39 is 0 Å². The van der Waals surface area contributed by atoms with Gasteiger partial charge in [-0.05, 0) is 24.6 Å². The molecule has 0 fully saturated rings. The molecule has 0 radical (unpaired) electrons. The van der Waals surface area contributed by atoms with Crippen molar-refractivity contribution in [3.8, 4) is 0 Å². The highest BCUT2D eigenvalue weighted by Crippen LogP contribution is 2.29. The van der Waals surface area contributed by atoms with Crippen LogP contribution in [0.25, 0.3) is 10.1 Å². The van der Waals surface area contributed by atoms with E-state index in [1.807, 2.05) is 6.92 Å². The topological polar surface area (TPSA) is 0 Å². The second-order valence-corrected chi connectivity index (χ2v) is 3.66. The summed E-state index contributed by atoms with van der Waals surface area (Å²) in [6.45, 7) is 1.84. The highest BCUT2D eigenvalue weighted by molar-refractivity contribution is 7.17. The van der Waals surface area contributed by atoms with Crippen LogP contribution in [0, 0.1) is 17.9 Å². The maximum atomic E-state index is 13.0. The van der Waals surface area contributed by atoms with Crippen molar-refractivity contribution in [3.05, 3.63) is 34.7 Å². The lowest BCUT2D eigenvalue weighted by Gasteiger charge is -1.94. The summed E-state index contributed by atoms with van der Waals surface area (Å²) < 4.78 is 26.5. The van der Waals surface area contributed by atoms with Gasteiger partial charge in [0.05, 0.1) is 0 Å². The lowest BCUT2D eigenvalue weighted by molar-refractivity contribution is 0.636. The van der Waals surface area contributed by atoms with Crippen molar-refractivity contribution < 1.29 is 8.78 Å². The van der Waals surface area contributed by atoms with Gasteiger partial charge in [0.25, 0.3) is 0 Å². The highest BCUT2D eigenvalue weighted by Gasteiger charge is 2.07. The van der Waals surface area contributed by atoms with Crippen LogP contribution in [0.1, 0.15) is 5.56 Å². The van der Waals surface area contributed by atoms with Crippen LogP contribution in [0.3, 0.4) is 0 Å². The molecule has 1 heterocycles. The third-order valence-corrected chi connectivity index (χ3v) is 2.86. The summed E-state index contributed by atoms with van der Waals surface area (Å²) in [4.78, 5) is 0. The number of hydrogen-bond acceptors (Lipinski definition) is 1. The van der Waals surface area contributed by atoms with Crippen LogP contribution in [-0.4, -0.2) is 0 Å². The third-order valence-electron chi connectivity index (χ3n) is 1.80. The van der Waals surface area contributed by atoms with E-state index >= 15 is 0 Å². The first kappa shape index (κ1) is 7.68. The average Bonchev–Trinajstić information content (AvgIpc) is 2.41. The number of halogens is 2. The maximum Gasteiger partial charge on any atom is 0.177 e. The number of fused-ring (bicyclic) bond motifs is 1. The second-order valence-electron chi connectivity index (χ2n) is 2.66. The molecule has 2 rings (SSSR count). The van der Waals surface area contributed by atoms with E-state index in [4.69, 9.17) is 0 Å². The highest BCUT2D eigenvalue weighted by atomic mass is 32.1. The number of benzene rings is 1. The molecule has 3 heteroatoms. The van der Waals surface area contributed by atoms with Gasteiger partial charge in [-0.1, -0.05) is 6.07 Å². The van der Waals surface area contributed by atoms with Crippen molar-refractivity contribution in [2.24, 2.45) is 0 Å².